The van der Waals surface area contributed by atoms with Gasteiger partial charge in [-0.15, -0.1) is 0 Å². The molecule has 4 aromatic rings. The maximum atomic E-state index is 11.3. The standard InChI is InChI=1S/C26H25NO2/c28-26(22-15-8-3-9-16-22)25(21-13-6-2-7-14-21)27-23(24-17-10-18-29-24)19-20-11-4-1-5-12-20/h1-18,23,25-28H,19H2/t23-,25-,26+/m0/s1. The van der Waals surface area contributed by atoms with Crippen LogP contribution in [0, 0.1) is 0 Å². The van der Waals surface area contributed by atoms with Gasteiger partial charge in [0, 0.05) is 0 Å². The van der Waals surface area contributed by atoms with Gasteiger partial charge >= 0.3 is 0 Å². The third-order valence-corrected chi connectivity index (χ3v) is 5.17. The molecule has 1 aromatic heterocycles. The smallest absolute Gasteiger partial charge is 0.121 e. The van der Waals surface area contributed by atoms with Crippen LogP contribution in [-0.4, -0.2) is 5.11 Å². The zero-order chi connectivity index (χ0) is 19.9. The Kier molecular flexibility index (Phi) is 6.20. The number of furan rings is 1. The van der Waals surface area contributed by atoms with Gasteiger partial charge in [0.25, 0.3) is 0 Å². The van der Waals surface area contributed by atoms with Gasteiger partial charge in [-0.3, -0.25) is 5.32 Å². The second-order valence-electron chi connectivity index (χ2n) is 7.17. The second-order valence-corrected chi connectivity index (χ2v) is 7.17. The van der Waals surface area contributed by atoms with Crippen LogP contribution < -0.4 is 5.32 Å². The number of hydrogen-bond donors (Lipinski definition) is 2. The molecule has 3 atom stereocenters. The van der Waals surface area contributed by atoms with Gasteiger partial charge in [-0.1, -0.05) is 91.0 Å². The molecule has 0 aliphatic rings. The maximum absolute atomic E-state index is 11.3. The molecule has 29 heavy (non-hydrogen) atoms. The minimum absolute atomic E-state index is 0.0732. The van der Waals surface area contributed by atoms with Crippen molar-refractivity contribution in [3.05, 3.63) is 132 Å². The normalized spacial score (nSPS) is 14.2. The largest absolute Gasteiger partial charge is 0.468 e. The Balaban J connectivity index is 1.67. The van der Waals surface area contributed by atoms with E-state index in [9.17, 15) is 5.11 Å². The SMILES string of the molecule is O[C@H](c1ccccc1)[C@@H](N[C@@H](Cc1ccccc1)c1ccco1)c1ccccc1. The summed E-state index contributed by atoms with van der Waals surface area (Å²) in [5.41, 5.74) is 3.13. The van der Waals surface area contributed by atoms with E-state index < -0.39 is 6.10 Å². The summed E-state index contributed by atoms with van der Waals surface area (Å²) < 4.78 is 5.75. The lowest BCUT2D eigenvalue weighted by Gasteiger charge is -2.29. The summed E-state index contributed by atoms with van der Waals surface area (Å²) in [4.78, 5) is 0. The molecule has 3 heteroatoms. The highest BCUT2D eigenvalue weighted by Crippen LogP contribution is 2.32. The minimum atomic E-state index is -0.688. The van der Waals surface area contributed by atoms with E-state index in [2.05, 4.69) is 17.4 Å². The Hall–Kier alpha value is -3.14. The fourth-order valence-corrected chi connectivity index (χ4v) is 3.67. The molecule has 0 amide bonds. The molecule has 0 spiro atoms. The third-order valence-electron chi connectivity index (χ3n) is 5.17. The molecule has 3 nitrogen and oxygen atoms in total. The number of rotatable bonds is 8. The van der Waals surface area contributed by atoms with Gasteiger partial charge in [0.1, 0.15) is 5.76 Å². The first kappa shape index (κ1) is 19.2. The van der Waals surface area contributed by atoms with Crippen molar-refractivity contribution >= 4 is 0 Å². The Morgan fingerprint density at radius 1 is 0.690 bits per heavy atom. The number of benzene rings is 3. The van der Waals surface area contributed by atoms with Gasteiger partial charge in [0.15, 0.2) is 0 Å². The fourth-order valence-electron chi connectivity index (χ4n) is 3.67. The van der Waals surface area contributed by atoms with E-state index in [4.69, 9.17) is 4.42 Å². The summed E-state index contributed by atoms with van der Waals surface area (Å²) in [6.07, 6.45) is 1.77. The zero-order valence-electron chi connectivity index (χ0n) is 16.2. The molecule has 146 valence electrons. The molecule has 0 saturated carbocycles. The monoisotopic (exact) mass is 383 g/mol. The lowest BCUT2D eigenvalue weighted by Crippen LogP contribution is -2.32. The third kappa shape index (κ3) is 4.83. The van der Waals surface area contributed by atoms with Crippen LogP contribution in [-0.2, 0) is 6.42 Å². The number of aliphatic hydroxyl groups is 1. The van der Waals surface area contributed by atoms with E-state index in [1.165, 1.54) is 5.56 Å². The lowest BCUT2D eigenvalue weighted by molar-refractivity contribution is 0.119. The Morgan fingerprint density at radius 3 is 1.86 bits per heavy atom. The minimum Gasteiger partial charge on any atom is -0.468 e. The van der Waals surface area contributed by atoms with Crippen LogP contribution in [0.3, 0.4) is 0 Å². The molecule has 1 heterocycles. The molecular formula is C26H25NO2. The van der Waals surface area contributed by atoms with E-state index in [0.717, 1.165) is 23.3 Å². The van der Waals surface area contributed by atoms with E-state index in [1.54, 1.807) is 6.26 Å². The van der Waals surface area contributed by atoms with E-state index in [-0.39, 0.29) is 12.1 Å². The van der Waals surface area contributed by atoms with Crippen molar-refractivity contribution in [1.29, 1.82) is 0 Å². The molecule has 0 aliphatic carbocycles. The average Bonchev–Trinajstić information content (AvgIpc) is 3.33. The van der Waals surface area contributed by atoms with Crippen LogP contribution >= 0.6 is 0 Å². The van der Waals surface area contributed by atoms with E-state index in [1.807, 2.05) is 91.0 Å². The zero-order valence-corrected chi connectivity index (χ0v) is 16.2. The summed E-state index contributed by atoms with van der Waals surface area (Å²) in [5, 5.41) is 14.9. The number of nitrogens with one attached hydrogen (secondary N) is 1. The highest BCUT2D eigenvalue weighted by Gasteiger charge is 2.27. The van der Waals surface area contributed by atoms with Crippen molar-refractivity contribution in [2.45, 2.75) is 24.6 Å². The molecule has 4 rings (SSSR count). The summed E-state index contributed by atoms with van der Waals surface area (Å²) >= 11 is 0. The van der Waals surface area contributed by atoms with Crippen LogP contribution in [0.5, 0.6) is 0 Å². The van der Waals surface area contributed by atoms with Crippen LogP contribution in [0.1, 0.15) is 40.6 Å². The summed E-state index contributed by atoms with van der Waals surface area (Å²) in [6.45, 7) is 0. The second kappa shape index (κ2) is 9.37. The average molecular weight is 383 g/mol. The van der Waals surface area contributed by atoms with Gasteiger partial charge < -0.3 is 9.52 Å². The lowest BCUT2D eigenvalue weighted by atomic mass is 9.93. The molecule has 0 aliphatic heterocycles. The van der Waals surface area contributed by atoms with E-state index >= 15 is 0 Å². The predicted molar refractivity (Wildman–Crippen MR) is 115 cm³/mol. The topological polar surface area (TPSA) is 45.4 Å². The van der Waals surface area contributed by atoms with Gasteiger partial charge in [-0.2, -0.15) is 0 Å². The van der Waals surface area contributed by atoms with Crippen LogP contribution in [0.15, 0.2) is 114 Å². The highest BCUT2D eigenvalue weighted by molar-refractivity contribution is 5.27. The first-order chi connectivity index (χ1) is 14.3. The number of hydrogen-bond acceptors (Lipinski definition) is 3. The van der Waals surface area contributed by atoms with E-state index in [0.29, 0.717) is 0 Å². The van der Waals surface area contributed by atoms with Crippen LogP contribution in [0.4, 0.5) is 0 Å². The molecule has 0 unspecified atom stereocenters. The Labute approximate surface area is 171 Å². The highest BCUT2D eigenvalue weighted by atomic mass is 16.3. The number of aliphatic hydroxyl groups excluding tert-OH is 1. The van der Waals surface area contributed by atoms with Gasteiger partial charge in [-0.05, 0) is 35.2 Å². The Morgan fingerprint density at radius 2 is 1.28 bits per heavy atom. The van der Waals surface area contributed by atoms with Crippen molar-refractivity contribution in [3.63, 3.8) is 0 Å². The first-order valence-electron chi connectivity index (χ1n) is 9.92. The van der Waals surface area contributed by atoms with Crippen LogP contribution in [0.25, 0.3) is 0 Å². The van der Waals surface area contributed by atoms with Crippen LogP contribution in [0.2, 0.25) is 0 Å². The maximum Gasteiger partial charge on any atom is 0.121 e. The van der Waals surface area contributed by atoms with Crippen molar-refractivity contribution in [2.75, 3.05) is 0 Å². The molecule has 0 bridgehead atoms. The van der Waals surface area contributed by atoms with Crippen molar-refractivity contribution in [1.82, 2.24) is 5.32 Å². The molecule has 2 N–H and O–H groups in total. The molecule has 0 radical (unpaired) electrons. The molecule has 0 fully saturated rings. The van der Waals surface area contributed by atoms with Gasteiger partial charge in [0.05, 0.1) is 24.5 Å². The predicted octanol–water partition coefficient (Wildman–Crippen LogP) is 5.63. The quantitative estimate of drug-likeness (QED) is 0.415. The van der Waals surface area contributed by atoms with Crippen molar-refractivity contribution in [3.8, 4) is 0 Å². The Bertz CT molecular complexity index is 969. The molecule has 3 aromatic carbocycles. The summed E-state index contributed by atoms with van der Waals surface area (Å²) in [7, 11) is 0. The van der Waals surface area contributed by atoms with Crippen molar-refractivity contribution < 1.29 is 9.52 Å². The summed E-state index contributed by atoms with van der Waals surface area (Å²) in [6, 6.07) is 33.7. The van der Waals surface area contributed by atoms with Gasteiger partial charge in [-0.25, -0.2) is 0 Å². The van der Waals surface area contributed by atoms with Gasteiger partial charge in [0.2, 0.25) is 0 Å². The first-order valence-corrected chi connectivity index (χ1v) is 9.92. The molecular weight excluding hydrogens is 358 g/mol. The summed E-state index contributed by atoms with van der Waals surface area (Å²) in [5.74, 6) is 0.857. The fraction of sp³-hybridized carbons (Fsp3) is 0.154. The molecule has 0 saturated heterocycles. The van der Waals surface area contributed by atoms with Crippen molar-refractivity contribution in [2.24, 2.45) is 0 Å².